The van der Waals surface area contributed by atoms with E-state index in [1.807, 2.05) is 0 Å². The van der Waals surface area contributed by atoms with Crippen LogP contribution >= 0.6 is 11.6 Å². The molecule has 2 heterocycles. The minimum Gasteiger partial charge on any atom is -0.501 e. The van der Waals surface area contributed by atoms with Crippen molar-refractivity contribution >= 4 is 46.1 Å². The SMILES string of the molecule is CCOC=Cc1c2cc(NC(=O)c3cc(F)cc(C(F)(F)F)c3)c3c(c2nn1C)C(=O)NC3(O)c1cc(F)ccc1Cl. The molecule has 2 amide bonds. The lowest BCUT2D eigenvalue weighted by molar-refractivity contribution is -0.137. The highest BCUT2D eigenvalue weighted by Crippen LogP contribution is 2.46. The van der Waals surface area contributed by atoms with Crippen molar-refractivity contribution in [3.63, 3.8) is 0 Å². The van der Waals surface area contributed by atoms with Gasteiger partial charge in [0.25, 0.3) is 11.8 Å². The van der Waals surface area contributed by atoms with Crippen molar-refractivity contribution in [1.82, 2.24) is 15.1 Å². The summed E-state index contributed by atoms with van der Waals surface area (Å²) in [6.45, 7) is 2.10. The van der Waals surface area contributed by atoms with Crippen molar-refractivity contribution in [2.24, 2.45) is 7.05 Å². The second-order valence-corrected chi connectivity index (χ2v) is 9.71. The fourth-order valence-corrected chi connectivity index (χ4v) is 5.05. The van der Waals surface area contributed by atoms with Crippen LogP contribution in [-0.2, 0) is 23.7 Å². The molecule has 4 aromatic rings. The first kappa shape index (κ1) is 29.0. The summed E-state index contributed by atoms with van der Waals surface area (Å²) in [5, 5.41) is 21.1. The number of halogens is 6. The van der Waals surface area contributed by atoms with Gasteiger partial charge in [-0.15, -0.1) is 0 Å². The van der Waals surface area contributed by atoms with Gasteiger partial charge in [-0.1, -0.05) is 11.6 Å². The fraction of sp³-hybridized carbons (Fsp3) is 0.179. The predicted octanol–water partition coefficient (Wildman–Crippen LogP) is 5.72. The van der Waals surface area contributed by atoms with Crippen molar-refractivity contribution < 1.29 is 41.4 Å². The molecule has 8 nitrogen and oxygen atoms in total. The van der Waals surface area contributed by atoms with Crippen LogP contribution < -0.4 is 10.6 Å². The highest BCUT2D eigenvalue weighted by atomic mass is 35.5. The molecule has 14 heteroatoms. The lowest BCUT2D eigenvalue weighted by Crippen LogP contribution is -2.41. The molecular formula is C28H20ClF5N4O4. The summed E-state index contributed by atoms with van der Waals surface area (Å²) in [4.78, 5) is 26.6. The molecule has 1 aliphatic rings. The van der Waals surface area contributed by atoms with E-state index in [4.69, 9.17) is 16.3 Å². The maximum absolute atomic E-state index is 14.3. The zero-order valence-electron chi connectivity index (χ0n) is 21.7. The number of carbonyl (C=O) groups is 2. The Morgan fingerprint density at radius 1 is 1.19 bits per heavy atom. The van der Waals surface area contributed by atoms with Crippen molar-refractivity contribution in [2.75, 3.05) is 11.9 Å². The van der Waals surface area contributed by atoms with Gasteiger partial charge in [-0.3, -0.25) is 14.3 Å². The molecule has 218 valence electrons. The van der Waals surface area contributed by atoms with E-state index in [0.717, 1.165) is 18.2 Å². The van der Waals surface area contributed by atoms with E-state index in [0.29, 0.717) is 24.4 Å². The van der Waals surface area contributed by atoms with Crippen LogP contribution in [0.1, 0.15) is 50.0 Å². The Bertz CT molecular complexity index is 1800. The number of hydrogen-bond acceptors (Lipinski definition) is 5. The number of amides is 2. The van der Waals surface area contributed by atoms with Crippen molar-refractivity contribution in [3.8, 4) is 0 Å². The minimum atomic E-state index is -4.94. The summed E-state index contributed by atoms with van der Waals surface area (Å²) in [6.07, 6.45) is -2.04. The molecule has 0 saturated heterocycles. The maximum atomic E-state index is 14.3. The van der Waals surface area contributed by atoms with Crippen LogP contribution in [-0.4, -0.2) is 33.3 Å². The lowest BCUT2D eigenvalue weighted by atomic mass is 9.91. The van der Waals surface area contributed by atoms with Gasteiger partial charge in [0.15, 0.2) is 5.72 Å². The molecule has 0 aliphatic carbocycles. The van der Waals surface area contributed by atoms with Crippen molar-refractivity contribution in [2.45, 2.75) is 18.8 Å². The third-order valence-electron chi connectivity index (χ3n) is 6.60. The van der Waals surface area contributed by atoms with Crippen molar-refractivity contribution in [1.29, 1.82) is 0 Å². The van der Waals surface area contributed by atoms with Crippen LogP contribution in [0.5, 0.6) is 0 Å². The van der Waals surface area contributed by atoms with Gasteiger partial charge in [0.05, 0.1) is 35.4 Å². The summed E-state index contributed by atoms with van der Waals surface area (Å²) in [7, 11) is 1.56. The number of ether oxygens (including phenoxy) is 1. The zero-order valence-corrected chi connectivity index (χ0v) is 22.5. The van der Waals surface area contributed by atoms with Crippen LogP contribution in [0.4, 0.5) is 27.6 Å². The number of aryl methyl sites for hydroxylation is 1. The van der Waals surface area contributed by atoms with E-state index in [2.05, 4.69) is 15.7 Å². The maximum Gasteiger partial charge on any atom is 0.416 e. The molecule has 1 unspecified atom stereocenters. The summed E-state index contributed by atoms with van der Waals surface area (Å²) < 4.78 is 75.0. The van der Waals surface area contributed by atoms with E-state index in [1.54, 1.807) is 14.0 Å². The van der Waals surface area contributed by atoms with E-state index < -0.39 is 46.5 Å². The quantitative estimate of drug-likeness (QED) is 0.192. The van der Waals surface area contributed by atoms with E-state index in [-0.39, 0.29) is 44.4 Å². The standard InChI is InChI=1S/C28H20ClF5N4O4/c1-3-42-7-6-21-17-12-20(35-25(39)13-8-14(28(32,33)34)10-16(31)9-13)23-22(24(17)37-38(21)2)26(40)36-27(23,41)18-11-15(30)4-5-19(18)29/h4-12,41H,3H2,1-2H3,(H,35,39)(H,36,40). The fourth-order valence-electron chi connectivity index (χ4n) is 4.80. The van der Waals surface area contributed by atoms with Gasteiger partial charge in [-0.05, 0) is 55.5 Å². The number of nitrogens with zero attached hydrogens (tertiary/aromatic N) is 2. The Kier molecular flexibility index (Phi) is 7.19. The summed E-state index contributed by atoms with van der Waals surface area (Å²) in [5.74, 6) is -4.18. The molecule has 0 saturated carbocycles. The smallest absolute Gasteiger partial charge is 0.416 e. The number of rotatable bonds is 6. The first-order chi connectivity index (χ1) is 19.7. The number of hydrogen-bond donors (Lipinski definition) is 3. The minimum absolute atomic E-state index is 0.0766. The zero-order chi connectivity index (χ0) is 30.6. The average Bonchev–Trinajstić information content (AvgIpc) is 3.37. The number of fused-ring (bicyclic) bond motifs is 3. The number of anilines is 1. The first-order valence-corrected chi connectivity index (χ1v) is 12.6. The molecule has 0 bridgehead atoms. The monoisotopic (exact) mass is 606 g/mol. The van der Waals surface area contributed by atoms with Gasteiger partial charge >= 0.3 is 6.18 Å². The normalized spacial score (nSPS) is 16.6. The molecule has 42 heavy (non-hydrogen) atoms. The van der Waals surface area contributed by atoms with Crippen LogP contribution in [0.2, 0.25) is 5.02 Å². The Morgan fingerprint density at radius 2 is 1.93 bits per heavy atom. The van der Waals surface area contributed by atoms with Crippen LogP contribution in [0.15, 0.2) is 48.7 Å². The summed E-state index contributed by atoms with van der Waals surface area (Å²) in [6, 6.07) is 5.67. The second kappa shape index (κ2) is 10.4. The summed E-state index contributed by atoms with van der Waals surface area (Å²) in [5.41, 5.74) is -5.20. The molecule has 3 N–H and O–H groups in total. The molecule has 1 aromatic heterocycles. The Hall–Kier alpha value is -4.49. The van der Waals surface area contributed by atoms with Crippen LogP contribution in [0.25, 0.3) is 17.0 Å². The molecule has 0 spiro atoms. The Labute approximate surface area is 239 Å². The van der Waals surface area contributed by atoms with Crippen LogP contribution in [0.3, 0.4) is 0 Å². The number of nitrogens with one attached hydrogen (secondary N) is 2. The van der Waals surface area contributed by atoms with Gasteiger partial charge in [-0.2, -0.15) is 18.3 Å². The lowest BCUT2D eigenvalue weighted by Gasteiger charge is -2.27. The van der Waals surface area contributed by atoms with Gasteiger partial charge < -0.3 is 20.5 Å². The number of aromatic nitrogens is 2. The topological polar surface area (TPSA) is 105 Å². The molecule has 3 aromatic carbocycles. The van der Waals surface area contributed by atoms with Gasteiger partial charge in [0.2, 0.25) is 0 Å². The molecule has 1 aliphatic heterocycles. The highest BCUT2D eigenvalue weighted by Gasteiger charge is 2.48. The molecule has 0 fully saturated rings. The molecule has 5 rings (SSSR count). The second-order valence-electron chi connectivity index (χ2n) is 9.31. The largest absolute Gasteiger partial charge is 0.501 e. The van der Waals surface area contributed by atoms with E-state index in [1.165, 1.54) is 23.1 Å². The van der Waals surface area contributed by atoms with Crippen molar-refractivity contribution in [3.05, 3.63) is 98.9 Å². The average molecular weight is 607 g/mol. The highest BCUT2D eigenvalue weighted by molar-refractivity contribution is 6.31. The van der Waals surface area contributed by atoms with Crippen LogP contribution in [0, 0.1) is 11.6 Å². The number of benzene rings is 3. The Balaban J connectivity index is 1.76. The van der Waals surface area contributed by atoms with Gasteiger partial charge in [-0.25, -0.2) is 8.78 Å². The van der Waals surface area contributed by atoms with Gasteiger partial charge in [0.1, 0.15) is 17.2 Å². The van der Waals surface area contributed by atoms with E-state index >= 15 is 0 Å². The van der Waals surface area contributed by atoms with E-state index in [9.17, 15) is 36.6 Å². The van der Waals surface area contributed by atoms with Gasteiger partial charge in [0, 0.05) is 34.1 Å². The summed E-state index contributed by atoms with van der Waals surface area (Å²) >= 11 is 6.27. The first-order valence-electron chi connectivity index (χ1n) is 12.3. The third kappa shape index (κ3) is 4.94. The number of alkyl halides is 3. The molecule has 0 radical (unpaired) electrons. The number of carbonyl (C=O) groups excluding carboxylic acids is 2. The number of aliphatic hydroxyl groups is 1. The predicted molar refractivity (Wildman–Crippen MR) is 143 cm³/mol. The third-order valence-corrected chi connectivity index (χ3v) is 6.93. The molecule has 1 atom stereocenters. The Morgan fingerprint density at radius 3 is 2.62 bits per heavy atom. The molecular weight excluding hydrogens is 587 g/mol.